The molecule has 3 aromatic rings. The molecule has 150 valence electrons. The lowest BCUT2D eigenvalue weighted by Crippen LogP contribution is -2.31. The summed E-state index contributed by atoms with van der Waals surface area (Å²) in [7, 11) is 0. The lowest BCUT2D eigenvalue weighted by molar-refractivity contribution is 0.243. The van der Waals surface area contributed by atoms with Crippen LogP contribution >= 0.6 is 0 Å². The largest absolute Gasteiger partial charge is 0.508 e. The zero-order valence-corrected chi connectivity index (χ0v) is 16.3. The minimum Gasteiger partial charge on any atom is -0.508 e. The number of benzene rings is 3. The zero-order chi connectivity index (χ0) is 20.2. The van der Waals surface area contributed by atoms with Gasteiger partial charge in [-0.15, -0.1) is 0 Å². The third-order valence-electron chi connectivity index (χ3n) is 5.84. The minimum absolute atomic E-state index is 0.0988. The molecule has 2 nitrogen and oxygen atoms in total. The van der Waals surface area contributed by atoms with Gasteiger partial charge in [0.25, 0.3) is 0 Å². The van der Waals surface area contributed by atoms with Crippen LogP contribution in [0.25, 0.3) is 0 Å². The van der Waals surface area contributed by atoms with Crippen molar-refractivity contribution in [2.24, 2.45) is 0 Å². The molecule has 0 radical (unpaired) electrons. The van der Waals surface area contributed by atoms with Crippen molar-refractivity contribution in [3.63, 3.8) is 0 Å². The van der Waals surface area contributed by atoms with Gasteiger partial charge in [-0.05, 0) is 72.8 Å². The number of aromatic hydroxyl groups is 1. The molecular formula is C25H25F2NO. The molecule has 0 amide bonds. The van der Waals surface area contributed by atoms with Gasteiger partial charge in [0.2, 0.25) is 0 Å². The van der Waals surface area contributed by atoms with Crippen molar-refractivity contribution < 1.29 is 13.9 Å². The van der Waals surface area contributed by atoms with Crippen LogP contribution in [0, 0.1) is 11.6 Å². The molecule has 0 aliphatic carbocycles. The molecule has 0 atom stereocenters. The molecule has 0 aromatic heterocycles. The van der Waals surface area contributed by atoms with Gasteiger partial charge >= 0.3 is 0 Å². The molecule has 29 heavy (non-hydrogen) atoms. The summed E-state index contributed by atoms with van der Waals surface area (Å²) in [6.07, 6.45) is 2.80. The van der Waals surface area contributed by atoms with E-state index in [1.807, 2.05) is 30.3 Å². The van der Waals surface area contributed by atoms with Crippen molar-refractivity contribution in [1.82, 2.24) is 4.90 Å². The van der Waals surface area contributed by atoms with Gasteiger partial charge in [0.1, 0.15) is 17.4 Å². The van der Waals surface area contributed by atoms with Crippen LogP contribution in [0.3, 0.4) is 0 Å². The molecule has 0 saturated heterocycles. The summed E-state index contributed by atoms with van der Waals surface area (Å²) < 4.78 is 26.8. The Labute approximate surface area is 170 Å². The van der Waals surface area contributed by atoms with Gasteiger partial charge in [0.15, 0.2) is 0 Å². The molecule has 4 heteroatoms. The van der Waals surface area contributed by atoms with Crippen molar-refractivity contribution in [3.05, 3.63) is 101 Å². The first-order valence-electron chi connectivity index (χ1n) is 10.1. The molecule has 1 N–H and O–H groups in total. The molecule has 1 aliphatic rings. The van der Waals surface area contributed by atoms with E-state index < -0.39 is 0 Å². The van der Waals surface area contributed by atoms with Gasteiger partial charge < -0.3 is 5.11 Å². The third-order valence-corrected chi connectivity index (χ3v) is 5.84. The Morgan fingerprint density at radius 3 is 2.10 bits per heavy atom. The molecule has 4 rings (SSSR count). The van der Waals surface area contributed by atoms with Crippen LogP contribution in [0.15, 0.2) is 66.7 Å². The van der Waals surface area contributed by atoms with Crippen LogP contribution in [0.1, 0.15) is 41.0 Å². The van der Waals surface area contributed by atoms with Gasteiger partial charge in [0, 0.05) is 24.6 Å². The van der Waals surface area contributed by atoms with Crippen LogP contribution in [0.5, 0.6) is 5.75 Å². The minimum atomic E-state index is -0.251. The van der Waals surface area contributed by atoms with Gasteiger partial charge in [-0.1, -0.05) is 36.4 Å². The Balaban J connectivity index is 1.44. The van der Waals surface area contributed by atoms with Crippen LogP contribution in [-0.4, -0.2) is 23.1 Å². The number of phenols is 1. The number of rotatable bonds is 6. The van der Waals surface area contributed by atoms with Gasteiger partial charge in [-0.3, -0.25) is 4.90 Å². The van der Waals surface area contributed by atoms with E-state index in [1.54, 1.807) is 6.07 Å². The highest BCUT2D eigenvalue weighted by molar-refractivity contribution is 5.40. The predicted molar refractivity (Wildman–Crippen MR) is 111 cm³/mol. The first kappa shape index (κ1) is 19.6. The summed E-state index contributed by atoms with van der Waals surface area (Å²) in [5.74, 6) is -0.0267. The van der Waals surface area contributed by atoms with Crippen LogP contribution in [-0.2, 0) is 13.0 Å². The fraction of sp³-hybridized carbons (Fsp3) is 0.280. The molecule has 1 aliphatic heterocycles. The molecule has 3 aromatic carbocycles. The average Bonchev–Trinajstić information content (AvgIpc) is 2.73. The number of hydrogen-bond acceptors (Lipinski definition) is 2. The van der Waals surface area contributed by atoms with E-state index >= 15 is 0 Å². The van der Waals surface area contributed by atoms with E-state index in [0.717, 1.165) is 55.6 Å². The fourth-order valence-electron chi connectivity index (χ4n) is 4.24. The quantitative estimate of drug-likeness (QED) is 0.586. The first-order valence-corrected chi connectivity index (χ1v) is 10.1. The number of hydrogen-bond donors (Lipinski definition) is 1. The highest BCUT2D eigenvalue weighted by atomic mass is 19.1. The average molecular weight is 393 g/mol. The summed E-state index contributed by atoms with van der Waals surface area (Å²) in [4.78, 5) is 2.37. The molecular weight excluding hydrogens is 368 g/mol. The predicted octanol–water partition coefficient (Wildman–Crippen LogP) is 5.64. The number of fused-ring (bicyclic) bond motifs is 1. The Morgan fingerprint density at radius 2 is 1.48 bits per heavy atom. The standard InChI is InChI=1S/C25H25F2NO/c26-21-10-6-19(7-11-21)23(20-8-12-22(27)13-9-20)4-2-15-28-16-14-18-3-1-5-25(29)24(18)17-28/h1,3,5-13,23,29H,2,4,14-17H2. The molecule has 0 fully saturated rings. The second kappa shape index (κ2) is 8.75. The topological polar surface area (TPSA) is 23.5 Å². The second-order valence-electron chi connectivity index (χ2n) is 7.74. The molecule has 1 heterocycles. The van der Waals surface area contributed by atoms with E-state index in [2.05, 4.69) is 11.0 Å². The number of halogens is 2. The molecule has 0 spiro atoms. The summed E-state index contributed by atoms with van der Waals surface area (Å²) in [5.41, 5.74) is 4.35. The van der Waals surface area contributed by atoms with Gasteiger partial charge in [-0.2, -0.15) is 0 Å². The van der Waals surface area contributed by atoms with Crippen LogP contribution < -0.4 is 0 Å². The highest BCUT2D eigenvalue weighted by Gasteiger charge is 2.20. The highest BCUT2D eigenvalue weighted by Crippen LogP contribution is 2.31. The van der Waals surface area contributed by atoms with Crippen molar-refractivity contribution >= 4 is 0 Å². The van der Waals surface area contributed by atoms with Crippen molar-refractivity contribution in [3.8, 4) is 5.75 Å². The monoisotopic (exact) mass is 393 g/mol. The first-order chi connectivity index (χ1) is 14.1. The van der Waals surface area contributed by atoms with Crippen molar-refractivity contribution in [2.45, 2.75) is 31.7 Å². The maximum absolute atomic E-state index is 13.4. The number of phenolic OH excluding ortho intramolecular Hbond substituents is 1. The smallest absolute Gasteiger partial charge is 0.123 e. The van der Waals surface area contributed by atoms with Crippen molar-refractivity contribution in [1.29, 1.82) is 0 Å². The second-order valence-corrected chi connectivity index (χ2v) is 7.74. The van der Waals surface area contributed by atoms with E-state index in [9.17, 15) is 13.9 Å². The summed E-state index contributed by atoms with van der Waals surface area (Å²) >= 11 is 0. The lowest BCUT2D eigenvalue weighted by Gasteiger charge is -2.29. The maximum Gasteiger partial charge on any atom is 0.123 e. The normalized spacial score (nSPS) is 14.2. The number of nitrogens with zero attached hydrogens (tertiary/aromatic N) is 1. The molecule has 0 saturated carbocycles. The SMILES string of the molecule is Oc1cccc2c1CN(CCCC(c1ccc(F)cc1)c1ccc(F)cc1)CC2. The summed E-state index contributed by atoms with van der Waals surface area (Å²) in [6.45, 7) is 2.67. The zero-order valence-electron chi connectivity index (χ0n) is 16.3. The van der Waals surface area contributed by atoms with Crippen LogP contribution in [0.2, 0.25) is 0 Å². The molecule has 0 bridgehead atoms. The Hall–Kier alpha value is -2.72. The molecule has 0 unspecified atom stereocenters. The maximum atomic E-state index is 13.4. The van der Waals surface area contributed by atoms with Crippen LogP contribution in [0.4, 0.5) is 8.78 Å². The van der Waals surface area contributed by atoms with Crippen molar-refractivity contribution in [2.75, 3.05) is 13.1 Å². The Morgan fingerprint density at radius 1 is 0.862 bits per heavy atom. The van der Waals surface area contributed by atoms with Gasteiger partial charge in [-0.25, -0.2) is 8.78 Å². The third kappa shape index (κ3) is 4.65. The lowest BCUT2D eigenvalue weighted by atomic mass is 9.87. The van der Waals surface area contributed by atoms with Gasteiger partial charge in [0.05, 0.1) is 0 Å². The van der Waals surface area contributed by atoms with E-state index in [1.165, 1.54) is 29.8 Å². The van der Waals surface area contributed by atoms with E-state index in [4.69, 9.17) is 0 Å². The summed E-state index contributed by atoms with van der Waals surface area (Å²) in [6, 6.07) is 18.9. The van der Waals surface area contributed by atoms with E-state index in [0.29, 0.717) is 5.75 Å². The Bertz CT molecular complexity index is 908. The Kier molecular flexibility index (Phi) is 5.91. The summed E-state index contributed by atoms with van der Waals surface area (Å²) in [5, 5.41) is 10.1. The van der Waals surface area contributed by atoms with E-state index in [-0.39, 0.29) is 17.6 Å². The fourth-order valence-corrected chi connectivity index (χ4v) is 4.24.